The standard InChI is InChI=1S/C27H31F3N2O2/c1-24(2,3)19-11-12-23(34-6)21(13-19)25(4,5)16-26(33,27(28,29)30)17-32-15-18(14-31)20-9-7-8-10-22(20)32/h7-13,15,33H,16-17H2,1-6H3. The first-order chi connectivity index (χ1) is 15.6. The number of ether oxygens (including phenoxy) is 1. The third kappa shape index (κ3) is 4.78. The van der Waals surface area contributed by atoms with Crippen LogP contribution in [0, 0.1) is 11.3 Å². The molecule has 0 saturated carbocycles. The number of aromatic nitrogens is 1. The van der Waals surface area contributed by atoms with Gasteiger partial charge < -0.3 is 14.4 Å². The van der Waals surface area contributed by atoms with E-state index in [4.69, 9.17) is 4.74 Å². The summed E-state index contributed by atoms with van der Waals surface area (Å²) in [6, 6.07) is 14.3. The van der Waals surface area contributed by atoms with Gasteiger partial charge in [0.25, 0.3) is 0 Å². The van der Waals surface area contributed by atoms with Crippen LogP contribution in [0.25, 0.3) is 10.9 Å². The van der Waals surface area contributed by atoms with Crippen molar-refractivity contribution in [1.82, 2.24) is 4.57 Å². The van der Waals surface area contributed by atoms with Crippen LogP contribution in [0.4, 0.5) is 13.2 Å². The summed E-state index contributed by atoms with van der Waals surface area (Å²) in [5.74, 6) is 0.473. The molecule has 0 radical (unpaired) electrons. The first-order valence-electron chi connectivity index (χ1n) is 11.1. The molecule has 1 atom stereocenters. The minimum atomic E-state index is -4.91. The zero-order valence-electron chi connectivity index (χ0n) is 20.4. The number of benzene rings is 2. The van der Waals surface area contributed by atoms with Crippen molar-refractivity contribution in [2.24, 2.45) is 0 Å². The molecule has 1 N–H and O–H groups in total. The topological polar surface area (TPSA) is 58.2 Å². The van der Waals surface area contributed by atoms with Crippen LogP contribution in [-0.4, -0.2) is 28.6 Å². The summed E-state index contributed by atoms with van der Waals surface area (Å²) in [4.78, 5) is 0. The highest BCUT2D eigenvalue weighted by molar-refractivity contribution is 5.86. The van der Waals surface area contributed by atoms with Crippen molar-refractivity contribution < 1.29 is 23.0 Å². The molecule has 0 spiro atoms. The summed E-state index contributed by atoms with van der Waals surface area (Å²) < 4.78 is 50.1. The lowest BCUT2D eigenvalue weighted by molar-refractivity contribution is -0.271. The van der Waals surface area contributed by atoms with Crippen LogP contribution < -0.4 is 4.74 Å². The van der Waals surface area contributed by atoms with Crippen molar-refractivity contribution in [3.63, 3.8) is 0 Å². The molecule has 7 heteroatoms. The lowest BCUT2D eigenvalue weighted by Crippen LogP contribution is -2.52. The quantitative estimate of drug-likeness (QED) is 0.447. The molecule has 1 heterocycles. The molecule has 1 unspecified atom stereocenters. The molecule has 182 valence electrons. The molecular weight excluding hydrogens is 441 g/mol. The van der Waals surface area contributed by atoms with Crippen molar-refractivity contribution in [3.8, 4) is 11.8 Å². The SMILES string of the molecule is COc1ccc(C(C)(C)C)cc1C(C)(C)CC(O)(Cn1cc(C#N)c2ccccc21)C(F)(F)F. The number of hydrogen-bond acceptors (Lipinski definition) is 3. The van der Waals surface area contributed by atoms with Crippen LogP contribution in [0.15, 0.2) is 48.7 Å². The smallest absolute Gasteiger partial charge is 0.418 e. The third-order valence-corrected chi connectivity index (χ3v) is 6.40. The molecule has 0 aliphatic heterocycles. The second-order valence-corrected chi connectivity index (χ2v) is 10.6. The fourth-order valence-electron chi connectivity index (χ4n) is 4.52. The largest absolute Gasteiger partial charge is 0.496 e. The van der Waals surface area contributed by atoms with Gasteiger partial charge in [-0.1, -0.05) is 65.0 Å². The molecule has 3 aromatic rings. The molecule has 3 rings (SSSR count). The van der Waals surface area contributed by atoms with Gasteiger partial charge in [0, 0.05) is 22.7 Å². The number of aliphatic hydroxyl groups is 1. The van der Waals surface area contributed by atoms with Crippen molar-refractivity contribution >= 4 is 10.9 Å². The Kier molecular flexibility index (Phi) is 6.53. The van der Waals surface area contributed by atoms with E-state index in [-0.39, 0.29) is 11.0 Å². The number of fused-ring (bicyclic) bond motifs is 1. The van der Waals surface area contributed by atoms with Crippen molar-refractivity contribution in [3.05, 3.63) is 65.4 Å². The van der Waals surface area contributed by atoms with E-state index in [1.165, 1.54) is 17.9 Å². The van der Waals surface area contributed by atoms with E-state index in [1.807, 2.05) is 39.0 Å². The number of alkyl halides is 3. The molecule has 0 aliphatic rings. The van der Waals surface area contributed by atoms with Gasteiger partial charge in [-0.25, -0.2) is 0 Å². The number of nitrogens with zero attached hydrogens (tertiary/aromatic N) is 2. The van der Waals surface area contributed by atoms with Crippen LogP contribution in [0.5, 0.6) is 5.75 Å². The van der Waals surface area contributed by atoms with Gasteiger partial charge >= 0.3 is 6.18 Å². The minimum Gasteiger partial charge on any atom is -0.496 e. The Morgan fingerprint density at radius 1 is 1.03 bits per heavy atom. The molecular formula is C27H31F3N2O2. The average Bonchev–Trinajstić information content (AvgIpc) is 3.09. The van der Waals surface area contributed by atoms with E-state index in [1.54, 1.807) is 44.2 Å². The van der Waals surface area contributed by atoms with Gasteiger partial charge in [0.1, 0.15) is 11.8 Å². The van der Waals surface area contributed by atoms with Crippen LogP contribution in [0.3, 0.4) is 0 Å². The maximum Gasteiger partial charge on any atom is 0.418 e. The van der Waals surface area contributed by atoms with E-state index in [0.717, 1.165) is 5.56 Å². The normalized spacial score (nSPS) is 14.6. The molecule has 0 amide bonds. The fourth-order valence-corrected chi connectivity index (χ4v) is 4.52. The number of methoxy groups -OCH3 is 1. The van der Waals surface area contributed by atoms with Gasteiger partial charge in [-0.3, -0.25) is 0 Å². The Morgan fingerprint density at radius 2 is 1.68 bits per heavy atom. The van der Waals surface area contributed by atoms with Crippen molar-refractivity contribution in [1.29, 1.82) is 5.26 Å². The molecule has 34 heavy (non-hydrogen) atoms. The summed E-state index contributed by atoms with van der Waals surface area (Å²) in [7, 11) is 1.48. The van der Waals surface area contributed by atoms with Gasteiger partial charge in [0.2, 0.25) is 0 Å². The van der Waals surface area contributed by atoms with Gasteiger partial charge in [-0.2, -0.15) is 18.4 Å². The second-order valence-electron chi connectivity index (χ2n) is 10.6. The van der Waals surface area contributed by atoms with E-state index < -0.39 is 30.2 Å². The van der Waals surface area contributed by atoms with Gasteiger partial charge in [0.15, 0.2) is 5.60 Å². The number of rotatable bonds is 6. The predicted octanol–water partition coefficient (Wildman–Crippen LogP) is 6.48. The average molecular weight is 473 g/mol. The number of hydrogen-bond donors (Lipinski definition) is 1. The Balaban J connectivity index is 2.09. The van der Waals surface area contributed by atoms with E-state index >= 15 is 0 Å². The molecule has 2 aromatic carbocycles. The molecule has 1 aromatic heterocycles. The molecule has 0 fully saturated rings. The summed E-state index contributed by atoms with van der Waals surface area (Å²) in [6.45, 7) is 8.72. The summed E-state index contributed by atoms with van der Waals surface area (Å²) in [5, 5.41) is 21.1. The molecule has 0 saturated heterocycles. The van der Waals surface area contributed by atoms with Crippen LogP contribution in [0.2, 0.25) is 0 Å². The maximum absolute atomic E-state index is 14.4. The monoisotopic (exact) mass is 472 g/mol. The van der Waals surface area contributed by atoms with Gasteiger partial charge in [0.05, 0.1) is 19.2 Å². The summed E-state index contributed by atoms with van der Waals surface area (Å²) in [5.41, 5.74) is -2.06. The van der Waals surface area contributed by atoms with Crippen LogP contribution >= 0.6 is 0 Å². The lowest BCUT2D eigenvalue weighted by atomic mass is 9.72. The first kappa shape index (κ1) is 25.6. The molecule has 4 nitrogen and oxygen atoms in total. The minimum absolute atomic E-state index is 0.213. The first-order valence-corrected chi connectivity index (χ1v) is 11.1. The second kappa shape index (κ2) is 8.66. The van der Waals surface area contributed by atoms with Gasteiger partial charge in [-0.15, -0.1) is 0 Å². The highest BCUT2D eigenvalue weighted by atomic mass is 19.4. The maximum atomic E-state index is 14.4. The lowest BCUT2D eigenvalue weighted by Gasteiger charge is -2.39. The van der Waals surface area contributed by atoms with Crippen LogP contribution in [0.1, 0.15) is 57.7 Å². The molecule has 0 aliphatic carbocycles. The number of nitriles is 1. The van der Waals surface area contributed by atoms with Gasteiger partial charge in [-0.05, 0) is 34.9 Å². The summed E-state index contributed by atoms with van der Waals surface area (Å²) >= 11 is 0. The fraction of sp³-hybridized carbons (Fsp3) is 0.444. The van der Waals surface area contributed by atoms with E-state index in [9.17, 15) is 23.5 Å². The van der Waals surface area contributed by atoms with Crippen LogP contribution in [-0.2, 0) is 17.4 Å². The van der Waals surface area contributed by atoms with Crippen molar-refractivity contribution in [2.45, 2.75) is 70.2 Å². The zero-order valence-corrected chi connectivity index (χ0v) is 20.4. The Morgan fingerprint density at radius 3 is 2.24 bits per heavy atom. The highest BCUT2D eigenvalue weighted by Gasteiger charge is 2.56. The molecule has 0 bridgehead atoms. The Labute approximate surface area is 198 Å². The predicted molar refractivity (Wildman–Crippen MR) is 127 cm³/mol. The van der Waals surface area contributed by atoms with E-state index in [0.29, 0.717) is 22.2 Å². The summed E-state index contributed by atoms with van der Waals surface area (Å²) in [6.07, 6.45) is -4.13. The Hall–Kier alpha value is -2.98. The Bertz CT molecular complexity index is 1230. The number of halogens is 3. The third-order valence-electron chi connectivity index (χ3n) is 6.40. The highest BCUT2D eigenvalue weighted by Crippen LogP contribution is 2.45. The van der Waals surface area contributed by atoms with E-state index in [2.05, 4.69) is 0 Å². The van der Waals surface area contributed by atoms with Crippen molar-refractivity contribution in [2.75, 3.05) is 7.11 Å². The number of para-hydroxylation sites is 1. The zero-order chi connectivity index (χ0) is 25.5.